The second-order valence-electron chi connectivity index (χ2n) is 5.08. The van der Waals surface area contributed by atoms with E-state index < -0.39 is 16.7 Å². The normalized spacial score (nSPS) is 9.72. The van der Waals surface area contributed by atoms with Crippen LogP contribution in [-0.4, -0.2) is 23.3 Å². The van der Waals surface area contributed by atoms with Gasteiger partial charge in [0.05, 0.1) is 23.1 Å². The SMILES string of the molecule is N#Cc1cccc(CNC(=O)CNC(=O)c2cccc([N+](=O)[O-])c2)c1. The van der Waals surface area contributed by atoms with Gasteiger partial charge in [-0.15, -0.1) is 0 Å². The molecule has 0 atom stereocenters. The zero-order chi connectivity index (χ0) is 18.2. The van der Waals surface area contributed by atoms with E-state index in [2.05, 4.69) is 10.6 Å². The molecule has 0 aliphatic rings. The molecule has 126 valence electrons. The van der Waals surface area contributed by atoms with Crippen molar-refractivity contribution in [3.05, 3.63) is 75.3 Å². The Balaban J connectivity index is 1.85. The second kappa shape index (κ2) is 8.21. The lowest BCUT2D eigenvalue weighted by Gasteiger charge is -2.07. The van der Waals surface area contributed by atoms with Crippen molar-refractivity contribution in [2.24, 2.45) is 0 Å². The van der Waals surface area contributed by atoms with E-state index in [1.54, 1.807) is 24.3 Å². The van der Waals surface area contributed by atoms with Crippen LogP contribution in [0.4, 0.5) is 5.69 Å². The van der Waals surface area contributed by atoms with Crippen molar-refractivity contribution in [2.45, 2.75) is 6.54 Å². The largest absolute Gasteiger partial charge is 0.350 e. The van der Waals surface area contributed by atoms with Gasteiger partial charge in [0.25, 0.3) is 11.6 Å². The van der Waals surface area contributed by atoms with E-state index in [0.717, 1.165) is 11.6 Å². The fourth-order valence-corrected chi connectivity index (χ4v) is 2.04. The Morgan fingerprint density at radius 3 is 2.60 bits per heavy atom. The number of amides is 2. The first-order valence-electron chi connectivity index (χ1n) is 7.28. The van der Waals surface area contributed by atoms with Crippen molar-refractivity contribution in [1.29, 1.82) is 5.26 Å². The molecule has 0 heterocycles. The van der Waals surface area contributed by atoms with E-state index in [1.165, 1.54) is 18.2 Å². The van der Waals surface area contributed by atoms with Gasteiger partial charge < -0.3 is 10.6 Å². The molecule has 25 heavy (non-hydrogen) atoms. The van der Waals surface area contributed by atoms with Gasteiger partial charge >= 0.3 is 0 Å². The van der Waals surface area contributed by atoms with E-state index in [1.807, 2.05) is 6.07 Å². The summed E-state index contributed by atoms with van der Waals surface area (Å²) >= 11 is 0. The molecule has 8 heteroatoms. The Kier molecular flexibility index (Phi) is 5.79. The van der Waals surface area contributed by atoms with Crippen molar-refractivity contribution in [2.75, 3.05) is 6.54 Å². The molecule has 0 aliphatic heterocycles. The first-order chi connectivity index (χ1) is 12.0. The van der Waals surface area contributed by atoms with Gasteiger partial charge in [-0.05, 0) is 23.8 Å². The summed E-state index contributed by atoms with van der Waals surface area (Å²) < 4.78 is 0. The lowest BCUT2D eigenvalue weighted by Crippen LogP contribution is -2.36. The van der Waals surface area contributed by atoms with E-state index in [-0.39, 0.29) is 24.3 Å². The van der Waals surface area contributed by atoms with Crippen LogP contribution >= 0.6 is 0 Å². The highest BCUT2D eigenvalue weighted by molar-refractivity contribution is 5.96. The van der Waals surface area contributed by atoms with E-state index in [0.29, 0.717) is 5.56 Å². The molecule has 2 N–H and O–H groups in total. The third-order valence-electron chi connectivity index (χ3n) is 3.27. The van der Waals surface area contributed by atoms with Crippen LogP contribution in [0, 0.1) is 21.4 Å². The van der Waals surface area contributed by atoms with Gasteiger partial charge in [-0.2, -0.15) is 5.26 Å². The lowest BCUT2D eigenvalue weighted by atomic mass is 10.1. The zero-order valence-corrected chi connectivity index (χ0v) is 13.1. The number of nitriles is 1. The maximum absolute atomic E-state index is 11.9. The maximum Gasteiger partial charge on any atom is 0.270 e. The predicted molar refractivity (Wildman–Crippen MR) is 88.4 cm³/mol. The number of nitrogens with zero attached hydrogens (tertiary/aromatic N) is 2. The van der Waals surface area contributed by atoms with Crippen molar-refractivity contribution < 1.29 is 14.5 Å². The van der Waals surface area contributed by atoms with Gasteiger partial charge in [-0.1, -0.05) is 18.2 Å². The summed E-state index contributed by atoms with van der Waals surface area (Å²) in [5, 5.41) is 24.5. The zero-order valence-electron chi connectivity index (χ0n) is 13.1. The molecule has 0 saturated carbocycles. The smallest absolute Gasteiger partial charge is 0.270 e. The molecular weight excluding hydrogens is 324 g/mol. The highest BCUT2D eigenvalue weighted by Crippen LogP contribution is 2.12. The number of benzene rings is 2. The molecule has 0 spiro atoms. The summed E-state index contributed by atoms with van der Waals surface area (Å²) in [6.45, 7) is -0.0412. The molecule has 2 aromatic carbocycles. The molecule has 0 saturated heterocycles. The maximum atomic E-state index is 11.9. The molecule has 2 rings (SSSR count). The average molecular weight is 338 g/mol. The highest BCUT2D eigenvalue weighted by atomic mass is 16.6. The second-order valence-corrected chi connectivity index (χ2v) is 5.08. The van der Waals surface area contributed by atoms with Crippen LogP contribution in [0.1, 0.15) is 21.5 Å². The summed E-state index contributed by atoms with van der Waals surface area (Å²) in [7, 11) is 0. The van der Waals surface area contributed by atoms with Gasteiger partial charge in [0.1, 0.15) is 0 Å². The van der Waals surface area contributed by atoms with E-state index >= 15 is 0 Å². The molecule has 0 aromatic heterocycles. The summed E-state index contributed by atoms with van der Waals surface area (Å²) in [5.74, 6) is -0.994. The Hall–Kier alpha value is -3.73. The molecule has 0 fully saturated rings. The number of nitro benzene ring substituents is 1. The number of hydrogen-bond acceptors (Lipinski definition) is 5. The number of carbonyl (C=O) groups excluding carboxylic acids is 2. The third kappa shape index (κ3) is 5.14. The standard InChI is InChI=1S/C17H14N4O4/c18-9-12-3-1-4-13(7-12)10-19-16(22)11-20-17(23)14-5-2-6-15(8-14)21(24)25/h1-8H,10-11H2,(H,19,22)(H,20,23). The van der Waals surface area contributed by atoms with Crippen molar-refractivity contribution in [3.63, 3.8) is 0 Å². The van der Waals surface area contributed by atoms with Gasteiger partial charge in [0.15, 0.2) is 0 Å². The molecule has 0 unspecified atom stereocenters. The summed E-state index contributed by atoms with van der Waals surface area (Å²) in [6.07, 6.45) is 0. The average Bonchev–Trinajstić information content (AvgIpc) is 2.64. The highest BCUT2D eigenvalue weighted by Gasteiger charge is 2.12. The predicted octanol–water partition coefficient (Wildman–Crippen LogP) is 1.51. The van der Waals surface area contributed by atoms with Crippen LogP contribution < -0.4 is 10.6 Å². The first kappa shape index (κ1) is 17.6. The molecule has 2 amide bonds. The van der Waals surface area contributed by atoms with Crippen molar-refractivity contribution >= 4 is 17.5 Å². The third-order valence-corrected chi connectivity index (χ3v) is 3.27. The van der Waals surface area contributed by atoms with Gasteiger partial charge in [-0.25, -0.2) is 0 Å². The van der Waals surface area contributed by atoms with Crippen molar-refractivity contribution in [1.82, 2.24) is 10.6 Å². The van der Waals surface area contributed by atoms with Crippen LogP contribution in [0.2, 0.25) is 0 Å². The summed E-state index contributed by atoms with van der Waals surface area (Å²) in [6, 6.07) is 14.0. The van der Waals surface area contributed by atoms with Crippen LogP contribution in [0.25, 0.3) is 0 Å². The molecule has 8 nitrogen and oxygen atoms in total. The molecule has 2 aromatic rings. The number of nitro groups is 1. The fraction of sp³-hybridized carbons (Fsp3) is 0.118. The molecule has 0 radical (unpaired) electrons. The van der Waals surface area contributed by atoms with Crippen LogP contribution in [0.5, 0.6) is 0 Å². The van der Waals surface area contributed by atoms with Crippen LogP contribution in [0.15, 0.2) is 48.5 Å². The number of hydrogen-bond donors (Lipinski definition) is 2. The monoisotopic (exact) mass is 338 g/mol. The number of carbonyl (C=O) groups is 2. The Morgan fingerprint density at radius 1 is 1.12 bits per heavy atom. The summed E-state index contributed by atoms with van der Waals surface area (Å²) in [4.78, 5) is 33.8. The molecule has 0 aliphatic carbocycles. The fourth-order valence-electron chi connectivity index (χ4n) is 2.04. The number of rotatable bonds is 6. The number of non-ortho nitro benzene ring substituents is 1. The van der Waals surface area contributed by atoms with Crippen LogP contribution in [0.3, 0.4) is 0 Å². The van der Waals surface area contributed by atoms with Gasteiger partial charge in [0.2, 0.25) is 5.91 Å². The van der Waals surface area contributed by atoms with Crippen molar-refractivity contribution in [3.8, 4) is 6.07 Å². The van der Waals surface area contributed by atoms with Crippen LogP contribution in [-0.2, 0) is 11.3 Å². The quantitative estimate of drug-likeness (QED) is 0.610. The summed E-state index contributed by atoms with van der Waals surface area (Å²) in [5.41, 5.74) is 1.15. The van der Waals surface area contributed by atoms with Gasteiger partial charge in [0, 0.05) is 24.2 Å². The number of nitrogens with one attached hydrogen (secondary N) is 2. The molecular formula is C17H14N4O4. The van der Waals surface area contributed by atoms with E-state index in [9.17, 15) is 19.7 Å². The van der Waals surface area contributed by atoms with Gasteiger partial charge in [-0.3, -0.25) is 19.7 Å². The van der Waals surface area contributed by atoms with E-state index in [4.69, 9.17) is 5.26 Å². The Morgan fingerprint density at radius 2 is 1.88 bits per heavy atom. The molecule has 0 bridgehead atoms. The minimum atomic E-state index is -0.598. The topological polar surface area (TPSA) is 125 Å². The Bertz CT molecular complexity index is 858. The minimum absolute atomic E-state index is 0.101. The first-order valence-corrected chi connectivity index (χ1v) is 7.28. The minimum Gasteiger partial charge on any atom is -0.350 e. The Labute approximate surface area is 143 Å². The lowest BCUT2D eigenvalue weighted by molar-refractivity contribution is -0.384.